The third kappa shape index (κ3) is 4.49. The Bertz CT molecular complexity index is 1530. The fourth-order valence-electron chi connectivity index (χ4n) is 5.02. The molecule has 0 fully saturated rings. The first-order chi connectivity index (χ1) is 19.0. The number of carbonyl (C=O) groups excluding carboxylic acids is 4. The summed E-state index contributed by atoms with van der Waals surface area (Å²) in [5, 5.41) is 0. The van der Waals surface area contributed by atoms with Gasteiger partial charge in [-0.1, -0.05) is 78.9 Å². The van der Waals surface area contributed by atoms with Crippen LogP contribution in [0, 0.1) is 0 Å². The number of benzene rings is 4. The van der Waals surface area contributed by atoms with Crippen molar-refractivity contribution >= 4 is 35.0 Å². The zero-order valence-corrected chi connectivity index (χ0v) is 20.7. The van der Waals surface area contributed by atoms with E-state index < -0.39 is 0 Å². The van der Waals surface area contributed by atoms with Gasteiger partial charge in [0.2, 0.25) is 0 Å². The highest BCUT2D eigenvalue weighted by Crippen LogP contribution is 2.35. The number of hydrogen-bond donors (Lipinski definition) is 0. The monoisotopic (exact) mass is 510 g/mol. The predicted octanol–water partition coefficient (Wildman–Crippen LogP) is 5.39. The van der Waals surface area contributed by atoms with Crippen LogP contribution in [0.25, 0.3) is 11.1 Å². The molecule has 0 aliphatic carbocycles. The van der Waals surface area contributed by atoms with Crippen LogP contribution in [-0.2, 0) is 19.2 Å². The second-order valence-electron chi connectivity index (χ2n) is 9.29. The molecule has 4 aromatic rings. The molecule has 0 radical (unpaired) electrons. The smallest absolute Gasteiger partial charge is 0.258 e. The summed E-state index contributed by atoms with van der Waals surface area (Å²) < 4.78 is 0. The highest BCUT2D eigenvalue weighted by atomic mass is 16.2. The Morgan fingerprint density at radius 2 is 0.718 bits per heavy atom. The van der Waals surface area contributed by atoms with Crippen LogP contribution in [0.2, 0.25) is 0 Å². The maximum atomic E-state index is 12.1. The first-order valence-electron chi connectivity index (χ1n) is 12.5. The lowest BCUT2D eigenvalue weighted by Crippen LogP contribution is -2.29. The molecule has 2 aliphatic rings. The summed E-state index contributed by atoms with van der Waals surface area (Å²) in [6, 6.07) is 33.2. The van der Waals surface area contributed by atoms with Gasteiger partial charge in [0, 0.05) is 30.2 Å². The van der Waals surface area contributed by atoms with Gasteiger partial charge in [0.1, 0.15) is 0 Å². The molecule has 4 amide bonds. The van der Waals surface area contributed by atoms with Gasteiger partial charge in [-0.25, -0.2) is 9.80 Å². The van der Waals surface area contributed by atoms with Crippen molar-refractivity contribution in [2.75, 3.05) is 9.80 Å². The van der Waals surface area contributed by atoms with Gasteiger partial charge in [-0.3, -0.25) is 19.2 Å². The van der Waals surface area contributed by atoms with Crippen LogP contribution in [0.1, 0.15) is 22.6 Å². The summed E-state index contributed by atoms with van der Waals surface area (Å²) in [6.07, 6.45) is 5.06. The SMILES string of the molecule is O=C1C=CC(=O)N1c1ccc(C(c2ccc(-c3ccccc3)cc2)c2ccc(N3C(=O)C=CC3=O)cc2)cc1. The molecule has 0 unspecified atom stereocenters. The van der Waals surface area contributed by atoms with Gasteiger partial charge >= 0.3 is 0 Å². The van der Waals surface area contributed by atoms with Gasteiger partial charge in [-0.15, -0.1) is 0 Å². The van der Waals surface area contributed by atoms with E-state index >= 15 is 0 Å². The molecule has 0 bridgehead atoms. The van der Waals surface area contributed by atoms with Gasteiger partial charge in [-0.2, -0.15) is 0 Å². The zero-order valence-electron chi connectivity index (χ0n) is 20.7. The molecule has 0 atom stereocenters. The molecule has 39 heavy (non-hydrogen) atoms. The van der Waals surface area contributed by atoms with E-state index in [0.29, 0.717) is 11.4 Å². The topological polar surface area (TPSA) is 74.8 Å². The maximum Gasteiger partial charge on any atom is 0.258 e. The Hall–Kier alpha value is -5.36. The normalized spacial score (nSPS) is 14.8. The van der Waals surface area contributed by atoms with E-state index in [-0.39, 0.29) is 29.5 Å². The van der Waals surface area contributed by atoms with Crippen molar-refractivity contribution in [2.45, 2.75) is 5.92 Å². The lowest BCUT2D eigenvalue weighted by molar-refractivity contribution is -0.121. The molecule has 2 heterocycles. The van der Waals surface area contributed by atoms with Crippen molar-refractivity contribution in [3.63, 3.8) is 0 Å². The first kappa shape index (κ1) is 24.0. The first-order valence-corrected chi connectivity index (χ1v) is 12.5. The Morgan fingerprint density at radius 1 is 0.385 bits per heavy atom. The Balaban J connectivity index is 1.37. The summed E-state index contributed by atoms with van der Waals surface area (Å²) in [5.74, 6) is -1.63. The van der Waals surface area contributed by atoms with Crippen LogP contribution < -0.4 is 9.80 Å². The summed E-state index contributed by atoms with van der Waals surface area (Å²) in [5.41, 5.74) is 6.19. The average molecular weight is 511 g/mol. The van der Waals surface area contributed by atoms with E-state index in [9.17, 15) is 19.2 Å². The lowest BCUT2D eigenvalue weighted by Gasteiger charge is -2.22. The van der Waals surface area contributed by atoms with E-state index in [0.717, 1.165) is 37.6 Å². The van der Waals surface area contributed by atoms with Gasteiger partial charge in [-0.05, 0) is 52.1 Å². The van der Waals surface area contributed by atoms with Crippen LogP contribution >= 0.6 is 0 Å². The summed E-state index contributed by atoms with van der Waals surface area (Å²) in [6.45, 7) is 0. The number of anilines is 2. The minimum absolute atomic E-state index is 0.177. The van der Waals surface area contributed by atoms with Crippen molar-refractivity contribution in [2.24, 2.45) is 0 Å². The molecule has 0 saturated carbocycles. The van der Waals surface area contributed by atoms with Crippen LogP contribution in [-0.4, -0.2) is 23.6 Å². The maximum absolute atomic E-state index is 12.1. The zero-order chi connectivity index (χ0) is 26.9. The molecular formula is C33H22N2O4. The number of hydrogen-bond acceptors (Lipinski definition) is 4. The minimum Gasteiger partial charge on any atom is -0.269 e. The van der Waals surface area contributed by atoms with Crippen molar-refractivity contribution in [3.05, 3.63) is 144 Å². The molecule has 6 nitrogen and oxygen atoms in total. The largest absolute Gasteiger partial charge is 0.269 e. The molecule has 0 saturated heterocycles. The second kappa shape index (κ2) is 9.84. The van der Waals surface area contributed by atoms with Crippen LogP contribution in [0.4, 0.5) is 11.4 Å². The molecule has 0 aromatic heterocycles. The van der Waals surface area contributed by atoms with Crippen molar-refractivity contribution < 1.29 is 19.2 Å². The standard InChI is InChI=1S/C33H22N2O4/c36-29-18-19-30(37)34(29)27-14-10-25(11-15-27)33(24-8-6-23(7-9-24)22-4-2-1-3-5-22)26-12-16-28(17-13-26)35-31(38)20-21-32(35)39/h1-21,33H. The van der Waals surface area contributed by atoms with E-state index in [1.807, 2.05) is 42.5 Å². The van der Waals surface area contributed by atoms with Gasteiger partial charge in [0.05, 0.1) is 11.4 Å². The van der Waals surface area contributed by atoms with E-state index in [4.69, 9.17) is 0 Å². The quantitative estimate of drug-likeness (QED) is 0.257. The molecule has 2 aliphatic heterocycles. The molecule has 6 rings (SSSR count). The molecule has 6 heteroatoms. The second-order valence-corrected chi connectivity index (χ2v) is 9.29. The van der Waals surface area contributed by atoms with Gasteiger partial charge < -0.3 is 0 Å². The highest BCUT2D eigenvalue weighted by Gasteiger charge is 2.27. The van der Waals surface area contributed by atoms with Crippen LogP contribution in [0.15, 0.2) is 127 Å². The van der Waals surface area contributed by atoms with Gasteiger partial charge in [0.25, 0.3) is 23.6 Å². The number of imide groups is 2. The molecule has 4 aromatic carbocycles. The fraction of sp³-hybridized carbons (Fsp3) is 0.0303. The number of rotatable bonds is 6. The summed E-state index contributed by atoms with van der Waals surface area (Å²) in [7, 11) is 0. The average Bonchev–Trinajstić information content (AvgIpc) is 3.49. The fourth-order valence-corrected chi connectivity index (χ4v) is 5.02. The number of carbonyl (C=O) groups is 4. The third-order valence-electron chi connectivity index (χ3n) is 6.94. The Morgan fingerprint density at radius 3 is 1.10 bits per heavy atom. The van der Waals surface area contributed by atoms with Crippen LogP contribution in [0.5, 0.6) is 0 Å². The predicted molar refractivity (Wildman–Crippen MR) is 149 cm³/mol. The molecular weight excluding hydrogens is 488 g/mol. The highest BCUT2D eigenvalue weighted by molar-refractivity contribution is 6.28. The lowest BCUT2D eigenvalue weighted by atomic mass is 9.84. The number of amides is 4. The molecule has 0 N–H and O–H groups in total. The van der Waals surface area contributed by atoms with Gasteiger partial charge in [0.15, 0.2) is 0 Å². The molecule has 188 valence electrons. The van der Waals surface area contributed by atoms with Crippen LogP contribution in [0.3, 0.4) is 0 Å². The van der Waals surface area contributed by atoms with E-state index in [1.165, 1.54) is 24.3 Å². The molecule has 0 spiro atoms. The summed E-state index contributed by atoms with van der Waals surface area (Å²) >= 11 is 0. The van der Waals surface area contributed by atoms with E-state index in [1.54, 1.807) is 24.3 Å². The summed E-state index contributed by atoms with van der Waals surface area (Å²) in [4.78, 5) is 50.9. The van der Waals surface area contributed by atoms with Crippen molar-refractivity contribution in [3.8, 4) is 11.1 Å². The Labute approximate surface area is 225 Å². The third-order valence-corrected chi connectivity index (χ3v) is 6.94. The van der Waals surface area contributed by atoms with E-state index in [2.05, 4.69) is 36.4 Å². The Kier molecular flexibility index (Phi) is 6.05. The van der Waals surface area contributed by atoms with Crippen molar-refractivity contribution in [1.29, 1.82) is 0 Å². The van der Waals surface area contributed by atoms with Crippen molar-refractivity contribution in [1.82, 2.24) is 0 Å². The number of nitrogens with zero attached hydrogens (tertiary/aromatic N) is 2. The minimum atomic E-state index is -0.364.